The van der Waals surface area contributed by atoms with Gasteiger partial charge in [0.1, 0.15) is 0 Å². The van der Waals surface area contributed by atoms with Crippen molar-refractivity contribution >= 4 is 15.9 Å². The van der Waals surface area contributed by atoms with Gasteiger partial charge in [-0.1, -0.05) is 13.8 Å². The van der Waals surface area contributed by atoms with Crippen molar-refractivity contribution in [3.05, 3.63) is 23.9 Å². The summed E-state index contributed by atoms with van der Waals surface area (Å²) in [4.78, 5) is 15.9. The fourth-order valence-electron chi connectivity index (χ4n) is 2.13. The largest absolute Gasteiger partial charge is 0.330 e. The van der Waals surface area contributed by atoms with E-state index in [9.17, 15) is 13.2 Å². The number of nitrogens with zero attached hydrogens (tertiary/aromatic N) is 2. The maximum Gasteiger partial charge on any atom is 0.285 e. The van der Waals surface area contributed by atoms with E-state index in [4.69, 9.17) is 5.73 Å². The van der Waals surface area contributed by atoms with Crippen molar-refractivity contribution in [1.29, 1.82) is 0 Å². The highest BCUT2D eigenvalue weighted by molar-refractivity contribution is 7.90. The summed E-state index contributed by atoms with van der Waals surface area (Å²) in [5.41, 5.74) is 5.74. The molecule has 0 aromatic carbocycles. The van der Waals surface area contributed by atoms with Crippen LogP contribution in [0.5, 0.6) is 0 Å². The van der Waals surface area contributed by atoms with Crippen LogP contribution in [0.1, 0.15) is 37.0 Å². The number of fused-ring (bicyclic) bond motifs is 1. The lowest BCUT2D eigenvalue weighted by Crippen LogP contribution is -2.32. The zero-order valence-electron chi connectivity index (χ0n) is 11.7. The molecule has 2 rings (SSSR count). The third-order valence-corrected chi connectivity index (χ3v) is 5.27. The van der Waals surface area contributed by atoms with Gasteiger partial charge in [-0.05, 0) is 36.9 Å². The fourth-order valence-corrected chi connectivity index (χ4v) is 3.65. The quantitative estimate of drug-likeness (QED) is 0.874. The van der Waals surface area contributed by atoms with E-state index in [1.54, 1.807) is 6.07 Å². The van der Waals surface area contributed by atoms with Crippen LogP contribution in [-0.4, -0.2) is 36.7 Å². The Morgan fingerprint density at radius 1 is 1.40 bits per heavy atom. The van der Waals surface area contributed by atoms with E-state index in [2.05, 4.69) is 4.98 Å². The summed E-state index contributed by atoms with van der Waals surface area (Å²) in [6, 6.07) is 3.05. The number of amides is 1. The molecule has 1 aliphatic rings. The van der Waals surface area contributed by atoms with Crippen LogP contribution in [0.25, 0.3) is 0 Å². The van der Waals surface area contributed by atoms with Gasteiger partial charge in [0.25, 0.3) is 15.9 Å². The van der Waals surface area contributed by atoms with Crippen molar-refractivity contribution in [2.24, 2.45) is 11.1 Å². The minimum absolute atomic E-state index is 0.0579. The van der Waals surface area contributed by atoms with Crippen LogP contribution in [0.2, 0.25) is 0 Å². The van der Waals surface area contributed by atoms with E-state index in [0.717, 1.165) is 10.7 Å². The summed E-state index contributed by atoms with van der Waals surface area (Å²) in [6.07, 6.45) is 2.72. The number of nitrogens with two attached hydrogens (primary N) is 1. The van der Waals surface area contributed by atoms with E-state index in [-0.39, 0.29) is 22.5 Å². The molecule has 6 nitrogen and oxygen atoms in total. The van der Waals surface area contributed by atoms with Gasteiger partial charge in [0, 0.05) is 12.7 Å². The van der Waals surface area contributed by atoms with Crippen molar-refractivity contribution < 1.29 is 13.2 Å². The molecular weight excluding hydrogens is 278 g/mol. The highest BCUT2D eigenvalue weighted by Gasteiger charge is 2.42. The van der Waals surface area contributed by atoms with Crippen molar-refractivity contribution in [2.45, 2.75) is 31.7 Å². The van der Waals surface area contributed by atoms with Gasteiger partial charge in [0.05, 0.1) is 5.56 Å². The van der Waals surface area contributed by atoms with Gasteiger partial charge in [-0.25, -0.2) is 9.29 Å². The van der Waals surface area contributed by atoms with E-state index in [1.165, 1.54) is 12.3 Å². The Kier molecular flexibility index (Phi) is 3.84. The normalized spacial score (nSPS) is 17.4. The summed E-state index contributed by atoms with van der Waals surface area (Å²) in [5.74, 6) is -0.487. The fraction of sp³-hybridized carbons (Fsp3) is 0.538. The molecule has 0 atom stereocenters. The van der Waals surface area contributed by atoms with E-state index < -0.39 is 15.9 Å². The lowest BCUT2D eigenvalue weighted by molar-refractivity contribution is 0.0866. The molecule has 0 saturated carbocycles. The molecule has 0 spiro atoms. The summed E-state index contributed by atoms with van der Waals surface area (Å²) in [7, 11) is -3.78. The molecule has 20 heavy (non-hydrogen) atoms. The molecule has 0 saturated heterocycles. The zero-order chi connectivity index (χ0) is 15.0. The highest BCUT2D eigenvalue weighted by atomic mass is 32.2. The molecule has 1 aromatic heterocycles. The molecule has 2 heterocycles. The van der Waals surface area contributed by atoms with Gasteiger partial charge < -0.3 is 5.73 Å². The van der Waals surface area contributed by atoms with Crippen molar-refractivity contribution in [2.75, 3.05) is 13.1 Å². The van der Waals surface area contributed by atoms with E-state index in [0.29, 0.717) is 13.0 Å². The Morgan fingerprint density at radius 3 is 2.70 bits per heavy atom. The molecule has 1 amide bonds. The summed E-state index contributed by atoms with van der Waals surface area (Å²) < 4.78 is 25.4. The second-order valence-corrected chi connectivity index (χ2v) is 7.49. The molecule has 0 bridgehead atoms. The molecule has 1 aromatic rings. The van der Waals surface area contributed by atoms with Crippen molar-refractivity contribution in [3.63, 3.8) is 0 Å². The van der Waals surface area contributed by atoms with Crippen LogP contribution < -0.4 is 5.73 Å². The predicted molar refractivity (Wildman–Crippen MR) is 74.5 cm³/mol. The van der Waals surface area contributed by atoms with Crippen LogP contribution in [0, 0.1) is 5.41 Å². The number of sulfonamides is 1. The van der Waals surface area contributed by atoms with Crippen LogP contribution in [0.3, 0.4) is 0 Å². The summed E-state index contributed by atoms with van der Waals surface area (Å²) in [5, 5.41) is -0.136. The first-order valence-corrected chi connectivity index (χ1v) is 7.96. The first kappa shape index (κ1) is 14.9. The highest BCUT2D eigenvalue weighted by Crippen LogP contribution is 2.29. The SMILES string of the molecule is CC(C)(CN)CCCN1C(=O)c2cccnc2S1(=O)=O. The Bertz CT molecular complexity index is 626. The molecule has 0 fully saturated rings. The van der Waals surface area contributed by atoms with Gasteiger partial charge in [-0.2, -0.15) is 8.42 Å². The predicted octanol–water partition coefficient (Wildman–Crippen LogP) is 0.991. The third kappa shape index (κ3) is 2.55. The molecular formula is C13H19N3O3S. The minimum Gasteiger partial charge on any atom is -0.330 e. The van der Waals surface area contributed by atoms with Crippen LogP contribution in [-0.2, 0) is 10.0 Å². The topological polar surface area (TPSA) is 93.4 Å². The van der Waals surface area contributed by atoms with E-state index >= 15 is 0 Å². The Labute approximate surface area is 119 Å². The number of rotatable bonds is 5. The second kappa shape index (κ2) is 5.14. The smallest absolute Gasteiger partial charge is 0.285 e. The van der Waals surface area contributed by atoms with Crippen molar-refractivity contribution in [3.8, 4) is 0 Å². The number of hydrogen-bond donors (Lipinski definition) is 1. The van der Waals surface area contributed by atoms with Crippen LogP contribution >= 0.6 is 0 Å². The lowest BCUT2D eigenvalue weighted by Gasteiger charge is -2.23. The van der Waals surface area contributed by atoms with Gasteiger partial charge in [-0.15, -0.1) is 0 Å². The molecule has 0 aliphatic carbocycles. The average Bonchev–Trinajstić information content (AvgIpc) is 2.60. The number of aromatic nitrogens is 1. The van der Waals surface area contributed by atoms with Gasteiger partial charge in [-0.3, -0.25) is 4.79 Å². The third-order valence-electron chi connectivity index (χ3n) is 3.53. The first-order chi connectivity index (χ1) is 9.29. The Balaban J connectivity index is 2.14. The second-order valence-electron chi connectivity index (χ2n) is 5.71. The molecule has 0 unspecified atom stereocenters. The Hall–Kier alpha value is -1.47. The number of carbonyl (C=O) groups excluding carboxylic acids is 1. The molecule has 1 aliphatic heterocycles. The van der Waals surface area contributed by atoms with Crippen molar-refractivity contribution in [1.82, 2.24) is 9.29 Å². The molecule has 0 radical (unpaired) electrons. The molecule has 2 N–H and O–H groups in total. The maximum atomic E-state index is 12.2. The van der Waals surface area contributed by atoms with Crippen LogP contribution in [0.15, 0.2) is 23.4 Å². The maximum absolute atomic E-state index is 12.2. The van der Waals surface area contributed by atoms with E-state index in [1.807, 2.05) is 13.8 Å². The average molecular weight is 297 g/mol. The lowest BCUT2D eigenvalue weighted by atomic mass is 9.88. The molecule has 7 heteroatoms. The number of carbonyl (C=O) groups is 1. The van der Waals surface area contributed by atoms with Gasteiger partial charge in [0.15, 0.2) is 5.03 Å². The standard InChI is InChI=1S/C13H19N3O3S/c1-13(2,9-14)6-4-8-16-12(17)10-5-3-7-15-11(10)20(16,18)19/h3,5,7H,4,6,8-9,14H2,1-2H3. The summed E-state index contributed by atoms with van der Waals surface area (Å²) >= 11 is 0. The minimum atomic E-state index is -3.78. The van der Waals surface area contributed by atoms with Gasteiger partial charge >= 0.3 is 0 Å². The number of pyridine rings is 1. The first-order valence-electron chi connectivity index (χ1n) is 6.52. The zero-order valence-corrected chi connectivity index (χ0v) is 12.5. The molecule has 110 valence electrons. The van der Waals surface area contributed by atoms with Gasteiger partial charge in [0.2, 0.25) is 0 Å². The monoisotopic (exact) mass is 297 g/mol. The summed E-state index contributed by atoms with van der Waals surface area (Å²) in [6.45, 7) is 4.73. The number of hydrogen-bond acceptors (Lipinski definition) is 5. The Morgan fingerprint density at radius 2 is 2.10 bits per heavy atom. The van der Waals surface area contributed by atoms with Crippen LogP contribution in [0.4, 0.5) is 0 Å².